The highest BCUT2D eigenvalue weighted by atomic mass is 16.5. The predicted octanol–water partition coefficient (Wildman–Crippen LogP) is 4.67. The zero-order chi connectivity index (χ0) is 21.8. The van der Waals surface area contributed by atoms with Crippen molar-refractivity contribution < 1.29 is 9.53 Å². The fraction of sp³-hybridized carbons (Fsp3) is 0.385. The number of benzene rings is 2. The Hall–Kier alpha value is -3.08. The van der Waals surface area contributed by atoms with Crippen molar-refractivity contribution in [2.75, 3.05) is 37.7 Å². The Bertz CT molecular complexity index is 1050. The smallest absolute Gasteiger partial charge is 0.222 e. The van der Waals surface area contributed by atoms with E-state index in [0.717, 1.165) is 49.7 Å². The molecular weight excluding hydrogens is 386 g/mol. The third-order valence-electron chi connectivity index (χ3n) is 6.02. The van der Waals surface area contributed by atoms with Crippen molar-refractivity contribution in [1.29, 1.82) is 0 Å². The van der Waals surface area contributed by atoms with Crippen LogP contribution in [-0.2, 0) is 4.79 Å². The number of piperazine rings is 1. The summed E-state index contributed by atoms with van der Waals surface area (Å²) in [5.74, 6) is 2.09. The third kappa shape index (κ3) is 4.98. The number of pyridine rings is 1. The molecule has 1 fully saturated rings. The molecule has 2 heterocycles. The lowest BCUT2D eigenvalue weighted by molar-refractivity contribution is -0.131. The zero-order valence-electron chi connectivity index (χ0n) is 18.7. The molecule has 2 aromatic carbocycles. The minimum Gasteiger partial charge on any atom is -0.494 e. The summed E-state index contributed by atoms with van der Waals surface area (Å²) in [6.45, 7) is 9.98. The van der Waals surface area contributed by atoms with E-state index >= 15 is 0 Å². The summed E-state index contributed by atoms with van der Waals surface area (Å²) in [7, 11) is 0. The average Bonchev–Trinajstić information content (AvgIpc) is 2.78. The van der Waals surface area contributed by atoms with Crippen LogP contribution in [0.4, 0.5) is 5.82 Å². The van der Waals surface area contributed by atoms with E-state index in [-0.39, 0.29) is 5.91 Å². The Morgan fingerprint density at radius 1 is 0.968 bits per heavy atom. The number of hydrogen-bond acceptors (Lipinski definition) is 4. The average molecular weight is 418 g/mol. The van der Waals surface area contributed by atoms with E-state index in [1.165, 1.54) is 22.1 Å². The summed E-state index contributed by atoms with van der Waals surface area (Å²) in [6, 6.07) is 16.5. The van der Waals surface area contributed by atoms with Crippen LogP contribution >= 0.6 is 0 Å². The van der Waals surface area contributed by atoms with Crippen molar-refractivity contribution in [3.05, 3.63) is 65.2 Å². The highest BCUT2D eigenvalue weighted by Gasteiger charge is 2.22. The summed E-state index contributed by atoms with van der Waals surface area (Å²) in [5.41, 5.74) is 4.73. The first-order chi connectivity index (χ1) is 15.0. The molecular formula is C26H31N3O2. The normalized spacial score (nSPS) is 14.2. The van der Waals surface area contributed by atoms with Gasteiger partial charge in [0.25, 0.3) is 0 Å². The first kappa shape index (κ1) is 21.2. The van der Waals surface area contributed by atoms with Gasteiger partial charge in [0.15, 0.2) is 0 Å². The van der Waals surface area contributed by atoms with Crippen LogP contribution < -0.4 is 9.64 Å². The molecule has 0 radical (unpaired) electrons. The maximum atomic E-state index is 12.6. The van der Waals surface area contributed by atoms with Gasteiger partial charge in [0.05, 0.1) is 12.1 Å². The van der Waals surface area contributed by atoms with Gasteiger partial charge in [-0.1, -0.05) is 35.9 Å². The van der Waals surface area contributed by atoms with Gasteiger partial charge < -0.3 is 14.5 Å². The van der Waals surface area contributed by atoms with E-state index in [0.29, 0.717) is 13.0 Å². The van der Waals surface area contributed by atoms with Crippen LogP contribution in [-0.4, -0.2) is 48.6 Å². The van der Waals surface area contributed by atoms with Crippen LogP contribution in [0.3, 0.4) is 0 Å². The van der Waals surface area contributed by atoms with E-state index < -0.39 is 0 Å². The quantitative estimate of drug-likeness (QED) is 0.547. The van der Waals surface area contributed by atoms with Crippen molar-refractivity contribution in [3.8, 4) is 5.75 Å². The molecule has 1 aliphatic heterocycles. The number of ether oxygens (including phenoxy) is 1. The van der Waals surface area contributed by atoms with Gasteiger partial charge in [-0.15, -0.1) is 0 Å². The van der Waals surface area contributed by atoms with E-state index in [9.17, 15) is 4.79 Å². The van der Waals surface area contributed by atoms with Crippen LogP contribution in [0.15, 0.2) is 48.5 Å². The van der Waals surface area contributed by atoms with Crippen LogP contribution in [0.2, 0.25) is 0 Å². The second kappa shape index (κ2) is 9.38. The highest BCUT2D eigenvalue weighted by molar-refractivity contribution is 5.86. The fourth-order valence-electron chi connectivity index (χ4n) is 4.10. The van der Waals surface area contributed by atoms with Gasteiger partial charge in [-0.3, -0.25) is 4.79 Å². The molecule has 0 spiro atoms. The number of hydrogen-bond donors (Lipinski definition) is 0. The number of rotatable bonds is 6. The van der Waals surface area contributed by atoms with Gasteiger partial charge >= 0.3 is 0 Å². The van der Waals surface area contributed by atoms with Gasteiger partial charge in [0, 0.05) is 38.0 Å². The molecule has 31 heavy (non-hydrogen) atoms. The van der Waals surface area contributed by atoms with Crippen molar-refractivity contribution in [1.82, 2.24) is 9.88 Å². The molecule has 0 atom stereocenters. The molecule has 4 rings (SSSR count). The number of carbonyl (C=O) groups is 1. The first-order valence-electron chi connectivity index (χ1n) is 11.1. The second-order valence-electron chi connectivity index (χ2n) is 8.40. The highest BCUT2D eigenvalue weighted by Crippen LogP contribution is 2.25. The van der Waals surface area contributed by atoms with Crippen molar-refractivity contribution >= 4 is 22.6 Å². The fourth-order valence-corrected chi connectivity index (χ4v) is 4.10. The topological polar surface area (TPSA) is 45.7 Å². The number of fused-ring (bicyclic) bond motifs is 1. The summed E-state index contributed by atoms with van der Waals surface area (Å²) < 4.78 is 5.74. The van der Waals surface area contributed by atoms with E-state index in [1.807, 2.05) is 29.2 Å². The molecule has 0 N–H and O–H groups in total. The van der Waals surface area contributed by atoms with Crippen molar-refractivity contribution in [3.63, 3.8) is 0 Å². The maximum Gasteiger partial charge on any atom is 0.222 e. The number of carbonyl (C=O) groups excluding carboxylic acids is 1. The lowest BCUT2D eigenvalue weighted by atomic mass is 10.1. The van der Waals surface area contributed by atoms with Crippen LogP contribution in [0.5, 0.6) is 5.75 Å². The van der Waals surface area contributed by atoms with Gasteiger partial charge in [0.1, 0.15) is 11.6 Å². The molecule has 1 amide bonds. The van der Waals surface area contributed by atoms with E-state index in [2.05, 4.69) is 49.9 Å². The van der Waals surface area contributed by atoms with E-state index in [4.69, 9.17) is 9.72 Å². The molecule has 3 aromatic rings. The maximum absolute atomic E-state index is 12.6. The Labute approximate surface area is 184 Å². The van der Waals surface area contributed by atoms with Gasteiger partial charge in [-0.25, -0.2) is 4.98 Å². The van der Waals surface area contributed by atoms with Gasteiger partial charge in [-0.05, 0) is 56.5 Å². The van der Waals surface area contributed by atoms with Crippen LogP contribution in [0.1, 0.15) is 29.5 Å². The van der Waals surface area contributed by atoms with Crippen LogP contribution in [0, 0.1) is 20.8 Å². The monoisotopic (exact) mass is 417 g/mol. The van der Waals surface area contributed by atoms with Crippen LogP contribution in [0.25, 0.3) is 10.9 Å². The first-order valence-corrected chi connectivity index (χ1v) is 11.1. The molecule has 1 aromatic heterocycles. The zero-order valence-corrected chi connectivity index (χ0v) is 18.7. The molecule has 0 bridgehead atoms. The van der Waals surface area contributed by atoms with Crippen molar-refractivity contribution in [2.24, 2.45) is 0 Å². The molecule has 1 saturated heterocycles. The summed E-state index contributed by atoms with van der Waals surface area (Å²) >= 11 is 0. The summed E-state index contributed by atoms with van der Waals surface area (Å²) in [6.07, 6.45) is 1.26. The number of aromatic nitrogens is 1. The lowest BCUT2D eigenvalue weighted by Crippen LogP contribution is -2.49. The minimum absolute atomic E-state index is 0.214. The largest absolute Gasteiger partial charge is 0.494 e. The van der Waals surface area contributed by atoms with Gasteiger partial charge in [0.2, 0.25) is 5.91 Å². The Balaban J connectivity index is 1.27. The molecule has 5 nitrogen and oxygen atoms in total. The Morgan fingerprint density at radius 2 is 1.71 bits per heavy atom. The number of anilines is 1. The number of aryl methyl sites for hydroxylation is 3. The minimum atomic E-state index is 0.214. The molecule has 1 aliphatic rings. The van der Waals surface area contributed by atoms with E-state index in [1.54, 1.807) is 0 Å². The number of nitrogens with zero attached hydrogens (tertiary/aromatic N) is 3. The lowest BCUT2D eigenvalue weighted by Gasteiger charge is -2.35. The molecule has 0 aliphatic carbocycles. The Morgan fingerprint density at radius 3 is 2.45 bits per heavy atom. The SMILES string of the molecule is Cc1ccc(OCCCC(=O)N2CCN(c3cc(C)c4cccc(C)c4n3)CC2)cc1. The second-order valence-corrected chi connectivity index (χ2v) is 8.40. The Kier molecular flexibility index (Phi) is 6.40. The predicted molar refractivity (Wildman–Crippen MR) is 126 cm³/mol. The summed E-state index contributed by atoms with van der Waals surface area (Å²) in [4.78, 5) is 21.8. The van der Waals surface area contributed by atoms with Crippen molar-refractivity contribution in [2.45, 2.75) is 33.6 Å². The number of amides is 1. The molecule has 0 unspecified atom stereocenters. The third-order valence-corrected chi connectivity index (χ3v) is 6.02. The molecule has 0 saturated carbocycles. The molecule has 5 heteroatoms. The standard InChI is InChI=1S/C26H31N3O2/c1-19-9-11-22(12-10-19)31-17-5-8-25(30)29-15-13-28(14-16-29)24-18-21(3)23-7-4-6-20(2)26(23)27-24/h4,6-7,9-12,18H,5,8,13-17H2,1-3H3. The van der Waals surface area contributed by atoms with Gasteiger partial charge in [-0.2, -0.15) is 0 Å². The number of para-hydroxylation sites is 1. The summed E-state index contributed by atoms with van der Waals surface area (Å²) in [5, 5.41) is 1.21. The molecule has 162 valence electrons.